The number of nitrogens with zero attached hydrogens (tertiary/aromatic N) is 1. The molecule has 4 rings (SSSR count). The summed E-state index contributed by atoms with van der Waals surface area (Å²) < 4.78 is 12.8. The van der Waals surface area contributed by atoms with Gasteiger partial charge in [-0.1, -0.05) is 38.1 Å². The highest BCUT2D eigenvalue weighted by Crippen LogP contribution is 2.48. The zero-order chi connectivity index (χ0) is 23.9. The Bertz CT molecular complexity index is 1250. The number of ether oxygens (including phenoxy) is 2. The second-order valence-electron chi connectivity index (χ2n) is 9.56. The van der Waals surface area contributed by atoms with Crippen LogP contribution in [0.1, 0.15) is 54.9 Å². The summed E-state index contributed by atoms with van der Waals surface area (Å²) >= 11 is 3.52. The van der Waals surface area contributed by atoms with Crippen LogP contribution in [0.25, 0.3) is 0 Å². The zero-order valence-corrected chi connectivity index (χ0v) is 20.9. The number of benzene rings is 2. The number of carbonyl (C=O) groups is 1. The lowest BCUT2D eigenvalue weighted by molar-refractivity contribution is -0.119. The Morgan fingerprint density at radius 3 is 2.64 bits per heavy atom. The first-order chi connectivity index (χ1) is 15.6. The molecular weight excluding hydrogens is 480 g/mol. The van der Waals surface area contributed by atoms with Gasteiger partial charge in [0.15, 0.2) is 5.78 Å². The number of allylic oxidation sites excluding steroid dienone is 3. The number of Topliss-reactive ketones (excluding diaryl/α,β-unsaturated/α-hetero) is 1. The number of aryl methyl sites for hydroxylation is 2. The van der Waals surface area contributed by atoms with Crippen LogP contribution in [0, 0.1) is 30.6 Å². The van der Waals surface area contributed by atoms with E-state index in [-0.39, 0.29) is 22.7 Å². The molecule has 170 valence electrons. The summed E-state index contributed by atoms with van der Waals surface area (Å²) in [6, 6.07) is 14.0. The van der Waals surface area contributed by atoms with Gasteiger partial charge < -0.3 is 15.2 Å². The molecule has 0 radical (unpaired) electrons. The van der Waals surface area contributed by atoms with Gasteiger partial charge in [0.05, 0.1) is 10.4 Å². The van der Waals surface area contributed by atoms with Gasteiger partial charge in [-0.25, -0.2) is 0 Å². The molecule has 2 aliphatic rings. The van der Waals surface area contributed by atoms with Gasteiger partial charge in [-0.2, -0.15) is 5.26 Å². The number of hydrogen-bond donors (Lipinski definition) is 1. The predicted octanol–water partition coefficient (Wildman–Crippen LogP) is 6.10. The fraction of sp³-hybridized carbons (Fsp3) is 0.333. The Hall–Kier alpha value is -3.04. The number of rotatable bonds is 4. The summed E-state index contributed by atoms with van der Waals surface area (Å²) in [6.45, 7) is 8.48. The van der Waals surface area contributed by atoms with Crippen LogP contribution in [0.4, 0.5) is 0 Å². The van der Waals surface area contributed by atoms with Gasteiger partial charge in [0, 0.05) is 18.4 Å². The van der Waals surface area contributed by atoms with Crippen LogP contribution in [0.2, 0.25) is 0 Å². The molecule has 1 heterocycles. The standard InChI is InChI=1S/C27H27BrN2O3/c1-15-9-16(2)18(10-17(15)14-32-22-8-6-5-7-20(22)28)24-19(13-29)26(30)33-23-12-27(3,4)11-21(31)25(23)24/h5-10,24H,11-12,14,30H2,1-4H3. The van der Waals surface area contributed by atoms with Crippen molar-refractivity contribution in [1.82, 2.24) is 0 Å². The van der Waals surface area contributed by atoms with Crippen LogP contribution in [0.5, 0.6) is 5.75 Å². The molecule has 0 amide bonds. The lowest BCUT2D eigenvalue weighted by Crippen LogP contribution is -2.33. The van der Waals surface area contributed by atoms with E-state index in [0.717, 1.165) is 32.5 Å². The highest BCUT2D eigenvalue weighted by atomic mass is 79.9. The number of carbonyl (C=O) groups excluding carboxylic acids is 1. The van der Waals surface area contributed by atoms with E-state index in [1.165, 1.54) is 0 Å². The molecule has 0 bridgehead atoms. The fourth-order valence-corrected chi connectivity index (χ4v) is 5.09. The van der Waals surface area contributed by atoms with Crippen molar-refractivity contribution in [2.45, 2.75) is 53.1 Å². The summed E-state index contributed by atoms with van der Waals surface area (Å²) in [7, 11) is 0. The Kier molecular flexibility index (Phi) is 6.11. The summed E-state index contributed by atoms with van der Waals surface area (Å²) in [6.07, 6.45) is 1.01. The monoisotopic (exact) mass is 506 g/mol. The first kappa shape index (κ1) is 23.1. The summed E-state index contributed by atoms with van der Waals surface area (Å²) in [5, 5.41) is 9.94. The molecule has 33 heavy (non-hydrogen) atoms. The quantitative estimate of drug-likeness (QED) is 0.541. The topological polar surface area (TPSA) is 85.3 Å². The van der Waals surface area contributed by atoms with Crippen molar-refractivity contribution in [3.05, 3.63) is 85.9 Å². The second-order valence-corrected chi connectivity index (χ2v) is 10.4. The average molecular weight is 507 g/mol. The Labute approximate surface area is 203 Å². The maximum atomic E-state index is 13.3. The molecule has 0 saturated heterocycles. The number of nitrogens with two attached hydrogens (primary N) is 1. The van der Waals surface area contributed by atoms with Crippen LogP contribution in [0.15, 0.2) is 63.7 Å². The summed E-state index contributed by atoms with van der Waals surface area (Å²) in [5.74, 6) is 0.894. The van der Waals surface area contributed by atoms with Gasteiger partial charge in [-0.05, 0) is 69.6 Å². The Morgan fingerprint density at radius 1 is 1.21 bits per heavy atom. The van der Waals surface area contributed by atoms with Gasteiger partial charge in [0.1, 0.15) is 29.8 Å². The molecule has 2 N–H and O–H groups in total. The van der Waals surface area contributed by atoms with Gasteiger partial charge in [-0.15, -0.1) is 0 Å². The fourth-order valence-electron chi connectivity index (χ4n) is 4.70. The molecule has 1 atom stereocenters. The minimum absolute atomic E-state index is 0.0116. The van der Waals surface area contributed by atoms with Crippen LogP contribution in [-0.4, -0.2) is 5.78 Å². The second kappa shape index (κ2) is 8.72. The van der Waals surface area contributed by atoms with E-state index >= 15 is 0 Å². The van der Waals surface area contributed by atoms with Gasteiger partial charge in [-0.3, -0.25) is 4.79 Å². The van der Waals surface area contributed by atoms with Crippen LogP contribution < -0.4 is 10.5 Å². The third-order valence-corrected chi connectivity index (χ3v) is 6.99. The van der Waals surface area contributed by atoms with Crippen molar-refractivity contribution in [2.24, 2.45) is 11.1 Å². The third-order valence-electron chi connectivity index (χ3n) is 6.33. The molecule has 0 saturated carbocycles. The van der Waals surface area contributed by atoms with E-state index in [1.807, 2.05) is 58.0 Å². The van der Waals surface area contributed by atoms with E-state index in [2.05, 4.69) is 28.1 Å². The largest absolute Gasteiger partial charge is 0.488 e. The lowest BCUT2D eigenvalue weighted by atomic mass is 9.69. The first-order valence-electron chi connectivity index (χ1n) is 10.9. The number of ketones is 1. The molecule has 6 heteroatoms. The smallest absolute Gasteiger partial charge is 0.205 e. The van der Waals surface area contributed by atoms with Crippen molar-refractivity contribution in [3.63, 3.8) is 0 Å². The molecule has 2 aromatic carbocycles. The zero-order valence-electron chi connectivity index (χ0n) is 19.3. The Balaban J connectivity index is 1.79. The number of para-hydroxylation sites is 1. The van der Waals surface area contributed by atoms with Crippen molar-refractivity contribution in [1.29, 1.82) is 5.26 Å². The van der Waals surface area contributed by atoms with Crippen molar-refractivity contribution in [2.75, 3.05) is 0 Å². The van der Waals surface area contributed by atoms with Crippen molar-refractivity contribution in [3.8, 4) is 11.8 Å². The van der Waals surface area contributed by atoms with Crippen LogP contribution >= 0.6 is 15.9 Å². The van der Waals surface area contributed by atoms with E-state index in [0.29, 0.717) is 30.8 Å². The maximum Gasteiger partial charge on any atom is 0.205 e. The molecule has 2 aromatic rings. The minimum Gasteiger partial charge on any atom is -0.488 e. The summed E-state index contributed by atoms with van der Waals surface area (Å²) in [4.78, 5) is 13.3. The normalized spacial score (nSPS) is 19.6. The number of nitriles is 1. The van der Waals surface area contributed by atoms with E-state index < -0.39 is 5.92 Å². The van der Waals surface area contributed by atoms with E-state index in [9.17, 15) is 10.1 Å². The molecule has 1 unspecified atom stereocenters. The third kappa shape index (κ3) is 4.43. The van der Waals surface area contributed by atoms with Gasteiger partial charge >= 0.3 is 0 Å². The number of hydrogen-bond acceptors (Lipinski definition) is 5. The van der Waals surface area contributed by atoms with Gasteiger partial charge in [0.2, 0.25) is 5.88 Å². The van der Waals surface area contributed by atoms with Gasteiger partial charge in [0.25, 0.3) is 0 Å². The van der Waals surface area contributed by atoms with Crippen LogP contribution in [-0.2, 0) is 16.1 Å². The molecule has 0 spiro atoms. The average Bonchev–Trinajstić information content (AvgIpc) is 2.72. The van der Waals surface area contributed by atoms with Crippen molar-refractivity contribution >= 4 is 21.7 Å². The lowest BCUT2D eigenvalue weighted by Gasteiger charge is -2.37. The summed E-state index contributed by atoms with van der Waals surface area (Å²) in [5.41, 5.74) is 10.8. The first-order valence-corrected chi connectivity index (χ1v) is 11.7. The molecule has 0 aromatic heterocycles. The highest BCUT2D eigenvalue weighted by Gasteiger charge is 2.43. The molecule has 1 aliphatic carbocycles. The number of halogens is 1. The predicted molar refractivity (Wildman–Crippen MR) is 130 cm³/mol. The molecular formula is C27H27BrN2O3. The molecule has 1 aliphatic heterocycles. The highest BCUT2D eigenvalue weighted by molar-refractivity contribution is 9.10. The molecule has 0 fully saturated rings. The Morgan fingerprint density at radius 2 is 1.94 bits per heavy atom. The van der Waals surface area contributed by atoms with E-state index in [1.54, 1.807) is 0 Å². The maximum absolute atomic E-state index is 13.3. The molecule has 5 nitrogen and oxygen atoms in total. The van der Waals surface area contributed by atoms with Crippen molar-refractivity contribution < 1.29 is 14.3 Å². The van der Waals surface area contributed by atoms with E-state index in [4.69, 9.17) is 15.2 Å². The van der Waals surface area contributed by atoms with Crippen LogP contribution in [0.3, 0.4) is 0 Å². The minimum atomic E-state index is -0.537. The SMILES string of the molecule is Cc1cc(C)c(C2C(C#N)=C(N)OC3=C2C(=O)CC(C)(C)C3)cc1COc1ccccc1Br.